The summed E-state index contributed by atoms with van der Waals surface area (Å²) in [7, 11) is 0. The van der Waals surface area contributed by atoms with Gasteiger partial charge in [-0.1, -0.05) is 47.7 Å². The van der Waals surface area contributed by atoms with Gasteiger partial charge in [0.25, 0.3) is 11.2 Å². The molecule has 0 bridgehead atoms. The van der Waals surface area contributed by atoms with Gasteiger partial charge in [0.15, 0.2) is 16.3 Å². The molecule has 0 spiro atoms. The summed E-state index contributed by atoms with van der Waals surface area (Å²) in [6.07, 6.45) is 1.61. The fourth-order valence-electron chi connectivity index (χ4n) is 5.36. The number of rotatable bonds is 7. The molecule has 230 valence electrons. The number of furan rings is 1. The van der Waals surface area contributed by atoms with E-state index in [1.54, 1.807) is 49.4 Å². The molecule has 13 heteroatoms. The third-order valence-corrected chi connectivity index (χ3v) is 9.05. The van der Waals surface area contributed by atoms with E-state index in [2.05, 4.69) is 15.9 Å². The summed E-state index contributed by atoms with van der Waals surface area (Å²) in [4.78, 5) is 43.8. The van der Waals surface area contributed by atoms with Crippen LogP contribution in [0.5, 0.6) is 11.5 Å². The Labute approximate surface area is 272 Å². The molecule has 0 saturated carbocycles. The summed E-state index contributed by atoms with van der Waals surface area (Å²) in [5.41, 5.74) is 2.10. The van der Waals surface area contributed by atoms with Gasteiger partial charge in [-0.15, -0.1) is 0 Å². The number of fused-ring (bicyclic) bond motifs is 2. The minimum atomic E-state index is -0.884. The lowest BCUT2D eigenvalue weighted by Crippen LogP contribution is -2.40. The topological polar surface area (TPSA) is 135 Å². The Morgan fingerprint density at radius 2 is 1.91 bits per heavy atom. The molecule has 2 aromatic heterocycles. The first kappa shape index (κ1) is 29.4. The van der Waals surface area contributed by atoms with E-state index in [1.807, 2.05) is 30.3 Å². The lowest BCUT2D eigenvalue weighted by molar-refractivity contribution is -0.384. The van der Waals surface area contributed by atoms with Gasteiger partial charge in [0.1, 0.15) is 11.5 Å². The zero-order valence-electron chi connectivity index (χ0n) is 24.0. The molecule has 0 N–H and O–H groups in total. The zero-order valence-corrected chi connectivity index (χ0v) is 26.4. The van der Waals surface area contributed by atoms with Gasteiger partial charge < -0.3 is 18.6 Å². The molecule has 46 heavy (non-hydrogen) atoms. The van der Waals surface area contributed by atoms with Crippen molar-refractivity contribution in [3.05, 3.63) is 136 Å². The summed E-state index contributed by atoms with van der Waals surface area (Å²) in [5, 5.41) is 11.2. The highest BCUT2D eigenvalue weighted by atomic mass is 79.9. The van der Waals surface area contributed by atoms with Crippen molar-refractivity contribution in [2.24, 2.45) is 4.99 Å². The fourth-order valence-corrected chi connectivity index (χ4v) is 6.90. The van der Waals surface area contributed by atoms with Gasteiger partial charge in [-0.3, -0.25) is 19.5 Å². The van der Waals surface area contributed by atoms with Crippen LogP contribution in [0.25, 0.3) is 23.1 Å². The highest BCUT2D eigenvalue weighted by Gasteiger charge is 2.36. The number of nitro benzene ring substituents is 1. The summed E-state index contributed by atoms with van der Waals surface area (Å²) in [6.45, 7) is 1.92. The Kier molecular flexibility index (Phi) is 7.62. The number of nitrogens with zero attached hydrogens (tertiary/aromatic N) is 3. The predicted octanol–water partition coefficient (Wildman–Crippen LogP) is 5.60. The maximum absolute atomic E-state index is 14.2. The Balaban J connectivity index is 1.40. The van der Waals surface area contributed by atoms with Crippen LogP contribution in [0.4, 0.5) is 5.69 Å². The molecule has 2 aliphatic heterocycles. The normalized spacial score (nSPS) is 15.4. The van der Waals surface area contributed by atoms with Gasteiger partial charge in [-0.25, -0.2) is 9.79 Å². The second kappa shape index (κ2) is 11.9. The van der Waals surface area contributed by atoms with Crippen molar-refractivity contribution in [2.45, 2.75) is 13.0 Å². The van der Waals surface area contributed by atoms with E-state index in [9.17, 15) is 19.7 Å². The maximum Gasteiger partial charge on any atom is 0.338 e. The Hall–Kier alpha value is -5.27. The largest absolute Gasteiger partial charge is 0.463 e. The van der Waals surface area contributed by atoms with Crippen LogP contribution in [0, 0.1) is 10.1 Å². The lowest BCUT2D eigenvalue weighted by atomic mass is 9.93. The van der Waals surface area contributed by atoms with Crippen LogP contribution in [0.15, 0.2) is 103 Å². The standard InChI is InChI=1S/C33H22BrN3O8S/c1-2-42-32(39)28-29(18-6-4-3-5-7-18)35-33-36(30(28)19-8-12-25-26(14-19)44-17-43-25)31(38)27(46-33)16-21-10-13-24(45-21)22-11-9-20(37(40)41)15-23(22)34/h3-16,30H,2,17H2,1H3/b27-16-. The molecular formula is C33H22BrN3O8S. The summed E-state index contributed by atoms with van der Waals surface area (Å²) in [6, 6.07) is 21.5. The molecule has 0 amide bonds. The number of ether oxygens (including phenoxy) is 3. The molecule has 11 nitrogen and oxygen atoms in total. The molecular weight excluding hydrogens is 678 g/mol. The van der Waals surface area contributed by atoms with Crippen LogP contribution in [0.3, 0.4) is 0 Å². The van der Waals surface area contributed by atoms with Gasteiger partial charge in [-0.2, -0.15) is 0 Å². The number of aromatic nitrogens is 1. The van der Waals surface area contributed by atoms with E-state index in [4.69, 9.17) is 23.6 Å². The number of thiazole rings is 1. The molecule has 0 aliphatic carbocycles. The third kappa shape index (κ3) is 5.22. The van der Waals surface area contributed by atoms with Crippen molar-refractivity contribution in [2.75, 3.05) is 13.4 Å². The van der Waals surface area contributed by atoms with Crippen molar-refractivity contribution in [1.29, 1.82) is 0 Å². The van der Waals surface area contributed by atoms with Gasteiger partial charge in [-0.05, 0) is 58.7 Å². The highest BCUT2D eigenvalue weighted by molar-refractivity contribution is 9.10. The van der Waals surface area contributed by atoms with Crippen LogP contribution >= 0.6 is 27.3 Å². The van der Waals surface area contributed by atoms with Crippen molar-refractivity contribution < 1.29 is 28.3 Å². The molecule has 0 radical (unpaired) electrons. The number of carbonyl (C=O) groups is 1. The maximum atomic E-state index is 14.2. The summed E-state index contributed by atoms with van der Waals surface area (Å²) in [5.74, 6) is 1.32. The first-order valence-corrected chi connectivity index (χ1v) is 15.7. The van der Waals surface area contributed by atoms with Crippen molar-refractivity contribution >= 4 is 50.7 Å². The van der Waals surface area contributed by atoms with Crippen LogP contribution in [0.2, 0.25) is 0 Å². The number of nitro groups is 1. The first-order chi connectivity index (χ1) is 22.3. The summed E-state index contributed by atoms with van der Waals surface area (Å²) >= 11 is 4.54. The quantitative estimate of drug-likeness (QED) is 0.122. The number of non-ortho nitro benzene ring substituents is 1. The van der Waals surface area contributed by atoms with E-state index >= 15 is 0 Å². The number of hydrogen-bond donors (Lipinski definition) is 0. The molecule has 1 unspecified atom stereocenters. The van der Waals surface area contributed by atoms with Gasteiger partial charge in [0, 0.05) is 33.8 Å². The Morgan fingerprint density at radius 1 is 1.11 bits per heavy atom. The monoisotopic (exact) mass is 699 g/mol. The van der Waals surface area contributed by atoms with Gasteiger partial charge in [0.05, 0.1) is 33.4 Å². The van der Waals surface area contributed by atoms with E-state index in [1.165, 1.54) is 16.7 Å². The molecule has 3 aromatic carbocycles. The number of esters is 1. The van der Waals surface area contributed by atoms with Gasteiger partial charge in [0.2, 0.25) is 6.79 Å². The SMILES string of the molecule is CCOC(=O)C1=C(c2ccccc2)N=c2s/c(=C\c3ccc(-c4ccc([N+](=O)[O-])cc4Br)o3)c(=O)n2C1c1ccc2c(c1)OCO2. The molecule has 1 atom stereocenters. The van der Waals surface area contributed by atoms with Gasteiger partial charge >= 0.3 is 5.97 Å². The van der Waals surface area contributed by atoms with Crippen molar-refractivity contribution in [1.82, 2.24) is 4.57 Å². The molecule has 0 saturated heterocycles. The zero-order chi connectivity index (χ0) is 31.9. The molecule has 0 fully saturated rings. The Morgan fingerprint density at radius 3 is 2.67 bits per heavy atom. The van der Waals surface area contributed by atoms with Crippen molar-refractivity contribution in [3.8, 4) is 22.8 Å². The number of halogens is 1. The van der Waals surface area contributed by atoms with Crippen LogP contribution in [-0.4, -0.2) is 28.9 Å². The van der Waals surface area contributed by atoms with E-state index in [-0.39, 0.29) is 30.2 Å². The van der Waals surface area contributed by atoms with E-state index in [0.717, 1.165) is 11.3 Å². The Bertz CT molecular complexity index is 2250. The summed E-state index contributed by atoms with van der Waals surface area (Å²) < 4.78 is 25.0. The predicted molar refractivity (Wildman–Crippen MR) is 172 cm³/mol. The minimum Gasteiger partial charge on any atom is -0.463 e. The lowest BCUT2D eigenvalue weighted by Gasteiger charge is -2.26. The third-order valence-electron chi connectivity index (χ3n) is 7.42. The van der Waals surface area contributed by atoms with E-state index in [0.29, 0.717) is 59.2 Å². The molecule has 7 rings (SSSR count). The van der Waals surface area contributed by atoms with Crippen LogP contribution < -0.4 is 24.4 Å². The minimum absolute atomic E-state index is 0.0578. The number of hydrogen-bond acceptors (Lipinski definition) is 10. The average Bonchev–Trinajstić information content (AvgIpc) is 3.80. The molecule has 5 aromatic rings. The fraction of sp³-hybridized carbons (Fsp3) is 0.121. The average molecular weight is 701 g/mol. The number of benzene rings is 3. The second-order valence-corrected chi connectivity index (χ2v) is 12.0. The van der Waals surface area contributed by atoms with Crippen LogP contribution in [-0.2, 0) is 9.53 Å². The van der Waals surface area contributed by atoms with Crippen molar-refractivity contribution in [3.63, 3.8) is 0 Å². The molecule has 4 heterocycles. The molecule has 2 aliphatic rings. The van der Waals surface area contributed by atoms with Crippen LogP contribution in [0.1, 0.15) is 29.9 Å². The second-order valence-electron chi connectivity index (χ2n) is 10.2. The highest BCUT2D eigenvalue weighted by Crippen LogP contribution is 2.40. The number of carbonyl (C=O) groups excluding carboxylic acids is 1. The van der Waals surface area contributed by atoms with E-state index < -0.39 is 16.9 Å². The smallest absolute Gasteiger partial charge is 0.338 e. The first-order valence-electron chi connectivity index (χ1n) is 14.0.